The number of rotatable bonds is 3. The second-order valence-corrected chi connectivity index (χ2v) is 5.50. The molecular weight excluding hydrogens is 200 g/mol. The SMILES string of the molecule is CCCn1cc(C2(O)CC3CCC2C3)cn1. The van der Waals surface area contributed by atoms with Crippen molar-refractivity contribution in [2.24, 2.45) is 11.8 Å². The third kappa shape index (κ3) is 1.41. The first kappa shape index (κ1) is 10.3. The predicted octanol–water partition coefficient (Wildman–Crippen LogP) is 2.30. The lowest BCUT2D eigenvalue weighted by atomic mass is 9.80. The Morgan fingerprint density at radius 3 is 3.06 bits per heavy atom. The summed E-state index contributed by atoms with van der Waals surface area (Å²) in [7, 11) is 0. The maximum atomic E-state index is 10.8. The van der Waals surface area contributed by atoms with Gasteiger partial charge in [-0.05, 0) is 43.9 Å². The predicted molar refractivity (Wildman–Crippen MR) is 61.9 cm³/mol. The van der Waals surface area contributed by atoms with Gasteiger partial charge in [0.2, 0.25) is 0 Å². The van der Waals surface area contributed by atoms with Gasteiger partial charge in [0.1, 0.15) is 0 Å². The third-order valence-corrected chi connectivity index (χ3v) is 4.40. The fraction of sp³-hybridized carbons (Fsp3) is 0.769. The number of aromatic nitrogens is 2. The quantitative estimate of drug-likeness (QED) is 0.848. The molecule has 16 heavy (non-hydrogen) atoms. The van der Waals surface area contributed by atoms with E-state index in [2.05, 4.69) is 12.0 Å². The average Bonchev–Trinajstić information content (AvgIpc) is 2.91. The maximum absolute atomic E-state index is 10.8. The highest BCUT2D eigenvalue weighted by molar-refractivity contribution is 5.21. The Hall–Kier alpha value is -0.830. The standard InChI is InChI=1S/C13H20N2O/c1-2-5-15-9-12(8-14-15)13(16)7-10-3-4-11(13)6-10/h8-11,16H,2-7H2,1H3. The van der Waals surface area contributed by atoms with Crippen molar-refractivity contribution in [2.75, 3.05) is 0 Å². The minimum atomic E-state index is -0.561. The Balaban J connectivity index is 1.85. The first-order chi connectivity index (χ1) is 7.72. The lowest BCUT2D eigenvalue weighted by Gasteiger charge is -2.31. The van der Waals surface area contributed by atoms with Crippen molar-refractivity contribution in [2.45, 2.75) is 51.2 Å². The lowest BCUT2D eigenvalue weighted by Crippen LogP contribution is -2.31. The van der Waals surface area contributed by atoms with Crippen molar-refractivity contribution in [1.29, 1.82) is 0 Å². The summed E-state index contributed by atoms with van der Waals surface area (Å²) in [6.07, 6.45) is 9.69. The Morgan fingerprint density at radius 1 is 1.56 bits per heavy atom. The Kier molecular flexibility index (Phi) is 2.32. The smallest absolute Gasteiger partial charge is 0.0957 e. The number of fused-ring (bicyclic) bond motifs is 2. The zero-order chi connectivity index (χ0) is 11.2. The number of hydrogen-bond acceptors (Lipinski definition) is 2. The monoisotopic (exact) mass is 220 g/mol. The molecule has 0 amide bonds. The molecule has 0 aromatic carbocycles. The topological polar surface area (TPSA) is 38.0 Å². The highest BCUT2D eigenvalue weighted by atomic mass is 16.3. The fourth-order valence-corrected chi connectivity index (χ4v) is 3.59. The van der Waals surface area contributed by atoms with E-state index in [0.29, 0.717) is 5.92 Å². The lowest BCUT2D eigenvalue weighted by molar-refractivity contribution is -0.0183. The zero-order valence-corrected chi connectivity index (χ0v) is 9.89. The summed E-state index contributed by atoms with van der Waals surface area (Å²) < 4.78 is 1.96. The Labute approximate surface area is 96.5 Å². The van der Waals surface area contributed by atoms with Crippen molar-refractivity contribution >= 4 is 0 Å². The molecule has 0 spiro atoms. The summed E-state index contributed by atoms with van der Waals surface area (Å²) in [4.78, 5) is 0. The van der Waals surface area contributed by atoms with Gasteiger partial charge >= 0.3 is 0 Å². The first-order valence-corrected chi connectivity index (χ1v) is 6.47. The number of hydrogen-bond donors (Lipinski definition) is 1. The first-order valence-electron chi connectivity index (χ1n) is 6.47. The molecule has 1 heterocycles. The van der Waals surface area contributed by atoms with Crippen LogP contribution in [0.2, 0.25) is 0 Å². The van der Waals surface area contributed by atoms with Crippen LogP contribution in [0.5, 0.6) is 0 Å². The van der Waals surface area contributed by atoms with E-state index < -0.39 is 5.60 Å². The van der Waals surface area contributed by atoms with Gasteiger partial charge in [-0.15, -0.1) is 0 Å². The average molecular weight is 220 g/mol. The van der Waals surface area contributed by atoms with Gasteiger partial charge < -0.3 is 5.11 Å². The van der Waals surface area contributed by atoms with Crippen LogP contribution < -0.4 is 0 Å². The molecule has 0 aliphatic heterocycles. The van der Waals surface area contributed by atoms with Crippen LogP contribution in [-0.2, 0) is 12.1 Å². The molecule has 2 bridgehead atoms. The molecule has 0 saturated heterocycles. The van der Waals surface area contributed by atoms with Gasteiger partial charge in [-0.2, -0.15) is 5.10 Å². The van der Waals surface area contributed by atoms with E-state index in [1.54, 1.807) is 0 Å². The van der Waals surface area contributed by atoms with Gasteiger partial charge in [0.15, 0.2) is 0 Å². The van der Waals surface area contributed by atoms with Gasteiger partial charge in [0.05, 0.1) is 11.8 Å². The summed E-state index contributed by atoms with van der Waals surface area (Å²) in [6, 6.07) is 0. The van der Waals surface area contributed by atoms with E-state index >= 15 is 0 Å². The summed E-state index contributed by atoms with van der Waals surface area (Å²) >= 11 is 0. The van der Waals surface area contributed by atoms with Crippen molar-refractivity contribution < 1.29 is 5.11 Å². The van der Waals surface area contributed by atoms with Gasteiger partial charge in [-0.1, -0.05) is 6.92 Å². The van der Waals surface area contributed by atoms with Crippen LogP contribution in [0.15, 0.2) is 12.4 Å². The summed E-state index contributed by atoms with van der Waals surface area (Å²) in [5.74, 6) is 1.24. The van der Waals surface area contributed by atoms with E-state index in [1.165, 1.54) is 19.3 Å². The largest absolute Gasteiger partial charge is 0.385 e. The van der Waals surface area contributed by atoms with E-state index in [-0.39, 0.29) is 0 Å². The van der Waals surface area contributed by atoms with Crippen LogP contribution in [0.3, 0.4) is 0 Å². The summed E-state index contributed by atoms with van der Waals surface area (Å²) in [5, 5.41) is 15.1. The van der Waals surface area contributed by atoms with Crippen molar-refractivity contribution in [3.63, 3.8) is 0 Å². The second-order valence-electron chi connectivity index (χ2n) is 5.50. The molecule has 0 radical (unpaired) electrons. The fourth-order valence-electron chi connectivity index (χ4n) is 3.59. The molecule has 3 nitrogen and oxygen atoms in total. The third-order valence-electron chi connectivity index (χ3n) is 4.40. The number of aryl methyl sites for hydroxylation is 1. The molecular formula is C13H20N2O. The molecule has 1 aromatic rings. The highest BCUT2D eigenvalue weighted by Crippen LogP contribution is 2.55. The van der Waals surface area contributed by atoms with Crippen molar-refractivity contribution in [3.8, 4) is 0 Å². The number of nitrogens with zero attached hydrogens (tertiary/aromatic N) is 2. The van der Waals surface area contributed by atoms with E-state index in [0.717, 1.165) is 30.9 Å². The zero-order valence-electron chi connectivity index (χ0n) is 9.89. The normalized spacial score (nSPS) is 37.1. The van der Waals surface area contributed by atoms with E-state index in [4.69, 9.17) is 0 Å². The van der Waals surface area contributed by atoms with Gasteiger partial charge in [-0.25, -0.2) is 0 Å². The molecule has 88 valence electrons. The molecule has 3 unspecified atom stereocenters. The molecule has 2 aliphatic carbocycles. The van der Waals surface area contributed by atoms with Crippen LogP contribution >= 0.6 is 0 Å². The molecule has 2 aliphatic rings. The van der Waals surface area contributed by atoms with Crippen LogP contribution in [0, 0.1) is 11.8 Å². The minimum Gasteiger partial charge on any atom is -0.385 e. The molecule has 1 aromatic heterocycles. The highest BCUT2D eigenvalue weighted by Gasteiger charge is 2.51. The Bertz CT molecular complexity index is 387. The van der Waals surface area contributed by atoms with Crippen LogP contribution in [0.1, 0.15) is 44.6 Å². The minimum absolute atomic E-state index is 0.483. The summed E-state index contributed by atoms with van der Waals surface area (Å²) in [5.41, 5.74) is 0.489. The van der Waals surface area contributed by atoms with Crippen molar-refractivity contribution in [1.82, 2.24) is 9.78 Å². The maximum Gasteiger partial charge on any atom is 0.0957 e. The van der Waals surface area contributed by atoms with E-state index in [9.17, 15) is 5.11 Å². The van der Waals surface area contributed by atoms with Crippen LogP contribution in [0.4, 0.5) is 0 Å². The van der Waals surface area contributed by atoms with Crippen molar-refractivity contribution in [3.05, 3.63) is 18.0 Å². The van der Waals surface area contributed by atoms with Crippen LogP contribution in [-0.4, -0.2) is 14.9 Å². The summed E-state index contributed by atoms with van der Waals surface area (Å²) in [6.45, 7) is 3.10. The van der Waals surface area contributed by atoms with E-state index in [1.807, 2.05) is 17.1 Å². The molecule has 2 fully saturated rings. The van der Waals surface area contributed by atoms with Crippen LogP contribution in [0.25, 0.3) is 0 Å². The molecule has 3 heteroatoms. The molecule has 2 saturated carbocycles. The molecule has 1 N–H and O–H groups in total. The van der Waals surface area contributed by atoms with Gasteiger partial charge in [-0.3, -0.25) is 4.68 Å². The Morgan fingerprint density at radius 2 is 2.44 bits per heavy atom. The molecule has 3 atom stereocenters. The number of aliphatic hydroxyl groups is 1. The molecule has 3 rings (SSSR count). The van der Waals surface area contributed by atoms with Gasteiger partial charge in [0, 0.05) is 18.3 Å². The second kappa shape index (κ2) is 3.59. The van der Waals surface area contributed by atoms with Gasteiger partial charge in [0.25, 0.3) is 0 Å².